The van der Waals surface area contributed by atoms with Crippen molar-refractivity contribution < 1.29 is 42.8 Å². The second-order valence-electron chi connectivity index (χ2n) is 28.6. The number of pyridine rings is 6. The number of imidazole rings is 1. The summed E-state index contributed by atoms with van der Waals surface area (Å²) in [7, 11) is 10.1. The van der Waals surface area contributed by atoms with Gasteiger partial charge in [0, 0.05) is 174 Å². The molecule has 110 heavy (non-hydrogen) atoms. The maximum absolute atomic E-state index is 11.9. The summed E-state index contributed by atoms with van der Waals surface area (Å²) in [4.78, 5) is 64.9. The van der Waals surface area contributed by atoms with Crippen LogP contribution in [0.3, 0.4) is 0 Å². The predicted octanol–water partition coefficient (Wildman–Crippen LogP) is 11.6. The molecule has 580 valence electrons. The normalized spacial score (nSPS) is 15.3. The molecule has 0 radical (unpaired) electrons. The van der Waals surface area contributed by atoms with Gasteiger partial charge in [-0.15, -0.1) is 0 Å². The Labute approximate surface area is 647 Å². The molecule has 10 N–H and O–H groups in total. The predicted molar refractivity (Wildman–Crippen MR) is 424 cm³/mol. The number of aromatic nitrogens is 14. The highest BCUT2D eigenvalue weighted by Gasteiger charge is 2.32. The Morgan fingerprint density at radius 3 is 1.42 bits per heavy atom. The average molecular weight is 1540 g/mol. The number of nitriles is 1. The van der Waals surface area contributed by atoms with Crippen LogP contribution < -0.4 is 62.5 Å². The van der Waals surface area contributed by atoms with Crippen LogP contribution in [-0.2, 0) is 37.5 Å². The zero-order valence-corrected chi connectivity index (χ0v) is 65.9. The molecule has 3 aliphatic rings. The monoisotopic (exact) mass is 1540 g/mol. The van der Waals surface area contributed by atoms with Gasteiger partial charge in [0.05, 0.1) is 73.4 Å². The van der Waals surface area contributed by atoms with Crippen LogP contribution in [-0.4, -0.2) is 167 Å². The molecule has 3 atom stereocenters. The summed E-state index contributed by atoms with van der Waals surface area (Å²) in [5.41, 5.74) is 12.5. The molecule has 10 aromatic rings. The number of aryl methyl sites for hydroxylation is 1. The van der Waals surface area contributed by atoms with E-state index in [0.29, 0.717) is 99.3 Å². The van der Waals surface area contributed by atoms with Crippen molar-refractivity contribution in [1.29, 1.82) is 5.26 Å². The lowest BCUT2D eigenvalue weighted by Gasteiger charge is -2.22. The number of amides is 3. The summed E-state index contributed by atoms with van der Waals surface area (Å²) in [6.45, 7) is 23.9. The van der Waals surface area contributed by atoms with Crippen LogP contribution in [0, 0.1) is 10.7 Å². The van der Waals surface area contributed by atoms with Gasteiger partial charge in [0.1, 0.15) is 67.8 Å². The SMILES string of the molecule is CC(C)(C)c1cc(SC#N)nn1[C@@H]1CCOC1.CNC(=O)c1cc(Oc2cnc(N)c(NC)c2)ccn1.CNC(=O)c1cc(Oc2cnc(NC(=S)Nc3cc(C(C)(C)C)n([C@@H]4CCOC4)n3)c(NC)c2)ccn1.CNC(=O)c1cc(Oc2cnc3nc(Nc4cc(C(C)(C)C)n([C@@H]5CCOC5)n4)n(C)c3c2)ccn1. The second kappa shape index (κ2) is 36.1. The molecule has 0 aromatic carbocycles. The molecule has 0 unspecified atom stereocenters. The van der Waals surface area contributed by atoms with Crippen molar-refractivity contribution >= 4 is 98.6 Å². The number of thioether (sulfide) groups is 1. The minimum absolute atomic E-state index is 0.0316. The highest BCUT2D eigenvalue weighted by atomic mass is 32.2. The van der Waals surface area contributed by atoms with Gasteiger partial charge in [-0.05, 0) is 55.7 Å². The van der Waals surface area contributed by atoms with Gasteiger partial charge < -0.3 is 81.3 Å². The highest BCUT2D eigenvalue weighted by molar-refractivity contribution is 8.03. The average Bonchev–Trinajstić information content (AvgIpc) is 1.65. The number of thiocarbonyl (C=S) groups is 1. The number of nitrogen functional groups attached to an aromatic ring is 1. The first-order valence-electron chi connectivity index (χ1n) is 35.5. The summed E-state index contributed by atoms with van der Waals surface area (Å²) in [6.07, 6.45) is 12.1. The molecule has 35 heteroatoms. The number of nitrogens with zero attached hydrogens (tertiary/aromatic N) is 15. The molecule has 33 nitrogen and oxygen atoms in total. The molecule has 0 bridgehead atoms. The Hall–Kier alpha value is -11.6. The molecule has 13 rings (SSSR count). The molecular formula is C75H94N24O9S2. The van der Waals surface area contributed by atoms with Crippen molar-refractivity contribution in [3.8, 4) is 39.9 Å². The van der Waals surface area contributed by atoms with Crippen molar-refractivity contribution in [3.63, 3.8) is 0 Å². The fraction of sp³-hybridized carbons (Fsp3) is 0.400. The molecule has 13 heterocycles. The highest BCUT2D eigenvalue weighted by Crippen LogP contribution is 2.37. The summed E-state index contributed by atoms with van der Waals surface area (Å²) in [5, 5.41) is 49.4. The Kier molecular flexibility index (Phi) is 26.6. The van der Waals surface area contributed by atoms with E-state index in [4.69, 9.17) is 61.8 Å². The van der Waals surface area contributed by atoms with E-state index in [1.165, 1.54) is 30.5 Å². The number of fused-ring (bicyclic) bond motifs is 1. The van der Waals surface area contributed by atoms with Gasteiger partial charge in [-0.1, -0.05) is 62.3 Å². The second-order valence-corrected chi connectivity index (χ2v) is 29.8. The zero-order chi connectivity index (χ0) is 79.0. The van der Waals surface area contributed by atoms with Crippen LogP contribution in [0.25, 0.3) is 11.2 Å². The molecule has 3 saturated heterocycles. The Morgan fingerprint density at radius 2 is 0.973 bits per heavy atom. The number of carbonyl (C=O) groups is 3. The van der Waals surface area contributed by atoms with E-state index in [0.717, 1.165) is 85.2 Å². The molecule has 0 saturated carbocycles. The number of rotatable bonds is 19. The topological polar surface area (TPSA) is 401 Å². The standard InChI is InChI=1S/C25H32N8O3S.C25H30N8O3.C13H15N5O2.C12H17N3OS/c1-25(2,3)20-12-21(32-33(20)15-7-9-35-14-15)30-24(37)31-22-18(26-4)11-17(13-29-22)36-16-6-8-28-19(10-16)23(34)27-5;1-25(2,3)20-12-21(31-33(20)15-7-9-35-14-15)29-24-30-22-19(32(24)5)11-17(13-28-22)36-16-6-8-27-18(10-16)23(34)26-4;1-15-10-6-9(7-18-12(10)14)20-8-3-4-17-11(5-8)13(19)16-2;1-12(2,3)10-6-11(17-8-13)14-15(10)9-4-5-16-7-9/h6,8,10-13,15,26H,7,9,14H2,1-5H3,(H,27,34)(H2,29,30,31,32,37);6,8,10-13,15H,7,9,14H2,1-5H3,(H,26,34)(H,28,29,30,31);3-7,15H,1-2H3,(H2,14,18)(H,16,19);6,9H,4-5,7H2,1-3H3/t2*15-;;9-/m11.1/s1. The van der Waals surface area contributed by atoms with E-state index in [1.54, 1.807) is 96.2 Å². The van der Waals surface area contributed by atoms with Crippen LogP contribution in [0.4, 0.5) is 40.6 Å². The molecule has 10 aromatic heterocycles. The number of nitrogens with two attached hydrogens (primary N) is 1. The van der Waals surface area contributed by atoms with Gasteiger partial charge in [0.25, 0.3) is 17.7 Å². The smallest absolute Gasteiger partial charge is 0.269 e. The van der Waals surface area contributed by atoms with Crippen molar-refractivity contribution in [2.75, 3.05) is 107 Å². The lowest BCUT2D eigenvalue weighted by molar-refractivity contribution is 0.0950. The maximum atomic E-state index is 11.9. The molecule has 0 aliphatic carbocycles. The number of anilines is 7. The van der Waals surface area contributed by atoms with Crippen LogP contribution in [0.5, 0.6) is 34.5 Å². The molecular weight excluding hydrogens is 1450 g/mol. The first kappa shape index (κ1) is 80.9. The third-order valence-corrected chi connectivity index (χ3v) is 18.1. The minimum Gasteiger partial charge on any atom is -0.456 e. The van der Waals surface area contributed by atoms with Crippen LogP contribution >= 0.6 is 24.0 Å². The third kappa shape index (κ3) is 20.8. The number of carbonyl (C=O) groups excluding carboxylic acids is 3. The van der Waals surface area contributed by atoms with Crippen molar-refractivity contribution in [3.05, 3.63) is 144 Å². The molecule has 0 spiro atoms. The van der Waals surface area contributed by atoms with E-state index in [2.05, 4.69) is 166 Å². The molecule has 3 aliphatic heterocycles. The fourth-order valence-electron chi connectivity index (χ4n) is 11.7. The largest absolute Gasteiger partial charge is 0.456 e. The van der Waals surface area contributed by atoms with Crippen LogP contribution in [0.15, 0.2) is 115 Å². The van der Waals surface area contributed by atoms with E-state index < -0.39 is 0 Å². The van der Waals surface area contributed by atoms with Gasteiger partial charge in [-0.2, -0.15) is 25.5 Å². The van der Waals surface area contributed by atoms with E-state index in [-0.39, 0.29) is 63.1 Å². The van der Waals surface area contributed by atoms with Crippen molar-refractivity contribution in [2.45, 2.75) is 121 Å². The Morgan fingerprint density at radius 1 is 0.545 bits per heavy atom. The van der Waals surface area contributed by atoms with E-state index in [9.17, 15) is 14.4 Å². The number of ether oxygens (including phenoxy) is 6. The first-order valence-corrected chi connectivity index (χ1v) is 36.7. The van der Waals surface area contributed by atoms with E-state index >= 15 is 0 Å². The Balaban J connectivity index is 0.000000164. The Bertz CT molecular complexity index is 4920. The first-order chi connectivity index (χ1) is 52.6. The molecule has 3 amide bonds. The zero-order valence-electron chi connectivity index (χ0n) is 64.3. The summed E-state index contributed by atoms with van der Waals surface area (Å²) in [5.74, 6) is 5.01. The quantitative estimate of drug-likeness (QED) is 0.0206. The van der Waals surface area contributed by atoms with Gasteiger partial charge in [-0.25, -0.2) is 15.0 Å². The third-order valence-electron chi connectivity index (χ3n) is 17.4. The molecule has 3 fully saturated rings. The van der Waals surface area contributed by atoms with Crippen molar-refractivity contribution in [1.82, 2.24) is 84.7 Å². The number of hydrogen-bond acceptors (Lipinski definition) is 26. The van der Waals surface area contributed by atoms with E-state index in [1.807, 2.05) is 34.5 Å². The van der Waals surface area contributed by atoms with Gasteiger partial charge >= 0.3 is 0 Å². The van der Waals surface area contributed by atoms with Crippen LogP contribution in [0.1, 0.15) is 148 Å². The lowest BCUT2D eigenvalue weighted by atomic mass is 9.91. The van der Waals surface area contributed by atoms with Gasteiger partial charge in [-0.3, -0.25) is 43.4 Å². The van der Waals surface area contributed by atoms with Gasteiger partial charge in [0.15, 0.2) is 28.2 Å². The lowest BCUT2D eigenvalue weighted by Crippen LogP contribution is -2.22. The maximum Gasteiger partial charge on any atom is 0.269 e. The fourth-order valence-corrected chi connectivity index (χ4v) is 12.3. The number of nitrogens with one attached hydrogen (secondary N) is 8. The number of thiocyanates is 1. The minimum atomic E-state index is -0.295. The summed E-state index contributed by atoms with van der Waals surface area (Å²) in [6, 6.07) is 21.9. The summed E-state index contributed by atoms with van der Waals surface area (Å²) >= 11 is 6.67. The number of hydrogen-bond donors (Lipinski definition) is 9. The van der Waals surface area contributed by atoms with Gasteiger partial charge in [0.2, 0.25) is 5.95 Å². The summed E-state index contributed by atoms with van der Waals surface area (Å²) < 4.78 is 42.2. The van der Waals surface area contributed by atoms with Crippen molar-refractivity contribution in [2.24, 2.45) is 7.05 Å². The van der Waals surface area contributed by atoms with Crippen LogP contribution in [0.2, 0.25) is 0 Å².